The number of likely N-dealkylation sites (N-methyl/N-ethyl adjacent to an activating group) is 1. The summed E-state index contributed by atoms with van der Waals surface area (Å²) in [6.45, 7) is 7.29. The van der Waals surface area contributed by atoms with Crippen molar-refractivity contribution in [2.75, 3.05) is 40.3 Å². The van der Waals surface area contributed by atoms with E-state index in [1.165, 1.54) is 4.90 Å². The molecule has 8 heteroatoms. The highest BCUT2D eigenvalue weighted by Gasteiger charge is 2.35. The first kappa shape index (κ1) is 24.8. The minimum Gasteiger partial charge on any atom is -0.496 e. The first-order chi connectivity index (χ1) is 16.6. The zero-order valence-electron chi connectivity index (χ0n) is 20.9. The Labute approximate surface area is 205 Å². The smallest absolute Gasteiger partial charge is 0.407 e. The molecule has 4 rings (SSSR count). The normalized spacial score (nSPS) is 15.7. The van der Waals surface area contributed by atoms with Gasteiger partial charge in [-0.3, -0.25) is 4.79 Å². The van der Waals surface area contributed by atoms with Crippen molar-refractivity contribution in [2.45, 2.75) is 32.6 Å². The maximum absolute atomic E-state index is 13.4. The van der Waals surface area contributed by atoms with Crippen molar-refractivity contribution in [1.82, 2.24) is 15.1 Å². The summed E-state index contributed by atoms with van der Waals surface area (Å²) in [5, 5.41) is 17.6. The molecular formula is C27H33N3O5. The number of fused-ring (bicyclic) bond motifs is 2. The Bertz CT molecular complexity index is 1270. The lowest BCUT2D eigenvalue weighted by molar-refractivity contribution is 0.00288. The number of hydrogen-bond donors (Lipinski definition) is 2. The van der Waals surface area contributed by atoms with Crippen LogP contribution in [-0.2, 0) is 4.74 Å². The van der Waals surface area contributed by atoms with E-state index in [9.17, 15) is 14.7 Å². The van der Waals surface area contributed by atoms with Crippen LogP contribution in [0.2, 0.25) is 0 Å². The van der Waals surface area contributed by atoms with E-state index in [0.717, 1.165) is 27.1 Å². The third-order valence-corrected chi connectivity index (χ3v) is 6.17. The van der Waals surface area contributed by atoms with E-state index in [2.05, 4.69) is 5.32 Å². The van der Waals surface area contributed by atoms with Crippen molar-refractivity contribution in [3.63, 3.8) is 0 Å². The third-order valence-electron chi connectivity index (χ3n) is 6.17. The van der Waals surface area contributed by atoms with E-state index in [1.807, 2.05) is 63.1 Å². The summed E-state index contributed by atoms with van der Waals surface area (Å²) < 4.78 is 10.8. The summed E-state index contributed by atoms with van der Waals surface area (Å²) in [6.07, 6.45) is -1.54. The van der Waals surface area contributed by atoms with Gasteiger partial charge in [0, 0.05) is 48.1 Å². The summed E-state index contributed by atoms with van der Waals surface area (Å²) in [5.74, 6) is 0.453. The standard InChI is InChI=1S/C27H33N3O5/c1-27(2,3)35-26(33)28-12-13-29(4)14-15-30-24(31)19-10-11-21(34-5)20-16-17-8-6-7-9-18(17)23(22(19)20)25(30)32/h6-11,16,25,32H,12-15H2,1-5H3,(H,28,33). The fraction of sp³-hybridized carbons (Fsp3) is 0.407. The molecule has 1 aliphatic heterocycles. The van der Waals surface area contributed by atoms with Gasteiger partial charge in [0.2, 0.25) is 0 Å². The monoisotopic (exact) mass is 479 g/mol. The number of methoxy groups -OCH3 is 1. The van der Waals surface area contributed by atoms with Gasteiger partial charge in [0.15, 0.2) is 6.23 Å². The van der Waals surface area contributed by atoms with Crippen LogP contribution in [0.1, 0.15) is 42.9 Å². The number of rotatable bonds is 7. The van der Waals surface area contributed by atoms with Crippen LogP contribution in [0.4, 0.5) is 4.79 Å². The van der Waals surface area contributed by atoms with Crippen LogP contribution in [0.15, 0.2) is 42.5 Å². The zero-order chi connectivity index (χ0) is 25.3. The maximum Gasteiger partial charge on any atom is 0.407 e. The van der Waals surface area contributed by atoms with Gasteiger partial charge in [-0.15, -0.1) is 0 Å². The Morgan fingerprint density at radius 2 is 1.89 bits per heavy atom. The molecule has 2 amide bonds. The van der Waals surface area contributed by atoms with Gasteiger partial charge in [-0.2, -0.15) is 0 Å². The van der Waals surface area contributed by atoms with Crippen LogP contribution in [0.5, 0.6) is 5.75 Å². The number of nitrogens with zero attached hydrogens (tertiary/aromatic N) is 2. The number of carbonyl (C=O) groups excluding carboxylic acids is 2. The van der Waals surface area contributed by atoms with Crippen LogP contribution < -0.4 is 10.1 Å². The predicted molar refractivity (Wildman–Crippen MR) is 136 cm³/mol. The number of nitrogens with one attached hydrogen (secondary N) is 1. The van der Waals surface area contributed by atoms with E-state index in [0.29, 0.717) is 37.5 Å². The summed E-state index contributed by atoms with van der Waals surface area (Å²) >= 11 is 0. The highest BCUT2D eigenvalue weighted by Crippen LogP contribution is 2.43. The number of ether oxygens (including phenoxy) is 2. The first-order valence-electron chi connectivity index (χ1n) is 11.8. The number of alkyl carbamates (subject to hydrolysis) is 1. The largest absolute Gasteiger partial charge is 0.496 e. The molecule has 0 fully saturated rings. The van der Waals surface area contributed by atoms with Crippen molar-refractivity contribution in [3.05, 3.63) is 53.6 Å². The number of benzene rings is 3. The molecule has 0 aliphatic carbocycles. The highest BCUT2D eigenvalue weighted by molar-refractivity contribution is 6.16. The topological polar surface area (TPSA) is 91.3 Å². The van der Waals surface area contributed by atoms with E-state index in [4.69, 9.17) is 9.47 Å². The molecule has 3 aromatic rings. The second-order valence-electron chi connectivity index (χ2n) is 9.85. The molecule has 0 saturated carbocycles. The average molecular weight is 480 g/mol. The summed E-state index contributed by atoms with van der Waals surface area (Å²) in [6, 6.07) is 13.4. The van der Waals surface area contributed by atoms with Crippen molar-refractivity contribution in [1.29, 1.82) is 0 Å². The molecule has 0 spiro atoms. The van der Waals surface area contributed by atoms with E-state index in [1.54, 1.807) is 19.2 Å². The number of hydrogen-bond acceptors (Lipinski definition) is 6. The molecule has 1 unspecified atom stereocenters. The second-order valence-corrected chi connectivity index (χ2v) is 9.85. The first-order valence-corrected chi connectivity index (χ1v) is 11.8. The van der Waals surface area contributed by atoms with Gasteiger partial charge in [0.1, 0.15) is 11.4 Å². The zero-order valence-corrected chi connectivity index (χ0v) is 20.9. The van der Waals surface area contributed by atoms with Crippen molar-refractivity contribution >= 4 is 33.5 Å². The van der Waals surface area contributed by atoms with Crippen molar-refractivity contribution < 1.29 is 24.2 Å². The number of aliphatic hydroxyl groups is 1. The lowest BCUT2D eigenvalue weighted by Crippen LogP contribution is -2.43. The Hall–Kier alpha value is -3.36. The van der Waals surface area contributed by atoms with E-state index in [-0.39, 0.29) is 5.91 Å². The number of amides is 2. The van der Waals surface area contributed by atoms with Crippen LogP contribution in [0.25, 0.3) is 21.5 Å². The van der Waals surface area contributed by atoms with Crippen LogP contribution in [0, 0.1) is 0 Å². The quantitative estimate of drug-likeness (QED) is 0.500. The fourth-order valence-corrected chi connectivity index (χ4v) is 4.52. The molecule has 35 heavy (non-hydrogen) atoms. The van der Waals surface area contributed by atoms with E-state index >= 15 is 0 Å². The molecular weight excluding hydrogens is 446 g/mol. The molecule has 3 aromatic carbocycles. The summed E-state index contributed by atoms with van der Waals surface area (Å²) in [4.78, 5) is 28.8. The fourth-order valence-electron chi connectivity index (χ4n) is 4.52. The van der Waals surface area contributed by atoms with Crippen LogP contribution >= 0.6 is 0 Å². The Morgan fingerprint density at radius 1 is 1.14 bits per heavy atom. The van der Waals surface area contributed by atoms with Gasteiger partial charge in [-0.25, -0.2) is 4.79 Å². The molecule has 0 radical (unpaired) electrons. The minimum absolute atomic E-state index is 0.215. The molecule has 1 aliphatic rings. The molecule has 0 aromatic heterocycles. The minimum atomic E-state index is -1.08. The third kappa shape index (κ3) is 5.04. The predicted octanol–water partition coefficient (Wildman–Crippen LogP) is 3.90. The molecule has 0 bridgehead atoms. The molecule has 8 nitrogen and oxygen atoms in total. The Balaban J connectivity index is 1.52. The van der Waals surface area contributed by atoms with Gasteiger partial charge in [0.25, 0.3) is 5.91 Å². The Kier molecular flexibility index (Phi) is 6.87. The highest BCUT2D eigenvalue weighted by atomic mass is 16.6. The molecule has 1 atom stereocenters. The molecule has 0 saturated heterocycles. The van der Waals surface area contributed by atoms with Crippen molar-refractivity contribution in [3.8, 4) is 5.75 Å². The van der Waals surface area contributed by atoms with Gasteiger partial charge in [-0.1, -0.05) is 24.3 Å². The summed E-state index contributed by atoms with van der Waals surface area (Å²) in [5.41, 5.74) is 0.732. The van der Waals surface area contributed by atoms with Crippen molar-refractivity contribution in [2.24, 2.45) is 0 Å². The molecule has 1 heterocycles. The maximum atomic E-state index is 13.4. The molecule has 186 valence electrons. The van der Waals surface area contributed by atoms with Gasteiger partial charge >= 0.3 is 6.09 Å². The second kappa shape index (κ2) is 9.71. The van der Waals surface area contributed by atoms with Gasteiger partial charge in [0.05, 0.1) is 7.11 Å². The number of aliphatic hydroxyl groups excluding tert-OH is 1. The Morgan fingerprint density at radius 3 is 2.60 bits per heavy atom. The number of carbonyl (C=O) groups is 2. The van der Waals surface area contributed by atoms with Crippen LogP contribution in [0.3, 0.4) is 0 Å². The van der Waals surface area contributed by atoms with Gasteiger partial charge < -0.3 is 29.7 Å². The lowest BCUT2D eigenvalue weighted by Gasteiger charge is -2.35. The lowest BCUT2D eigenvalue weighted by atomic mass is 9.88. The van der Waals surface area contributed by atoms with Crippen LogP contribution in [-0.4, -0.2) is 72.8 Å². The van der Waals surface area contributed by atoms with E-state index < -0.39 is 17.9 Å². The average Bonchev–Trinajstić information content (AvgIpc) is 2.79. The SMILES string of the molecule is COc1ccc2c3c(c4ccccc4cc13)C(O)N(CCN(C)CCNC(=O)OC(C)(C)C)C2=O. The van der Waals surface area contributed by atoms with Gasteiger partial charge in [-0.05, 0) is 56.8 Å². The molecule has 2 N–H and O–H groups in total. The summed E-state index contributed by atoms with van der Waals surface area (Å²) in [7, 11) is 3.51.